The third-order valence-electron chi connectivity index (χ3n) is 4.32. The van der Waals surface area contributed by atoms with E-state index in [1.54, 1.807) is 18.6 Å². The van der Waals surface area contributed by atoms with Crippen molar-refractivity contribution in [1.29, 1.82) is 0 Å². The molecule has 3 N–H and O–H groups in total. The average molecular weight is 358 g/mol. The number of benzene rings is 1. The second-order valence-electron chi connectivity index (χ2n) is 6.72. The number of allylic oxidation sites excluding steroid dienone is 1. The molecular formula is C21H22N6. The van der Waals surface area contributed by atoms with Crippen LogP contribution in [0.25, 0.3) is 11.3 Å². The van der Waals surface area contributed by atoms with Crippen molar-refractivity contribution in [3.05, 3.63) is 78.3 Å². The maximum absolute atomic E-state index is 5.73. The van der Waals surface area contributed by atoms with Gasteiger partial charge in [-0.1, -0.05) is 18.7 Å². The molecule has 0 unspecified atom stereocenters. The van der Waals surface area contributed by atoms with Gasteiger partial charge in [-0.3, -0.25) is 4.98 Å². The number of aryl methyl sites for hydroxylation is 1. The Labute approximate surface area is 158 Å². The molecule has 0 aliphatic carbocycles. The van der Waals surface area contributed by atoms with Crippen molar-refractivity contribution < 1.29 is 0 Å². The summed E-state index contributed by atoms with van der Waals surface area (Å²) in [4.78, 5) is 17.0. The lowest BCUT2D eigenvalue weighted by molar-refractivity contribution is 0.605. The van der Waals surface area contributed by atoms with E-state index in [2.05, 4.69) is 37.6 Å². The molecule has 27 heavy (non-hydrogen) atoms. The minimum absolute atomic E-state index is 0.243. The Bertz CT molecular complexity index is 1000. The van der Waals surface area contributed by atoms with E-state index in [1.807, 2.05) is 51.1 Å². The van der Waals surface area contributed by atoms with Crippen LogP contribution in [0.5, 0.6) is 0 Å². The van der Waals surface area contributed by atoms with Gasteiger partial charge in [-0.15, -0.1) is 5.73 Å². The molecule has 136 valence electrons. The summed E-state index contributed by atoms with van der Waals surface area (Å²) >= 11 is 0. The van der Waals surface area contributed by atoms with Crippen LogP contribution in [0.1, 0.15) is 25.2 Å². The van der Waals surface area contributed by atoms with Crippen LogP contribution in [0.4, 0.5) is 11.6 Å². The van der Waals surface area contributed by atoms with Crippen molar-refractivity contribution in [3.8, 4) is 11.3 Å². The predicted molar refractivity (Wildman–Crippen MR) is 108 cm³/mol. The molecule has 0 atom stereocenters. The van der Waals surface area contributed by atoms with Crippen LogP contribution in [-0.4, -0.2) is 19.9 Å². The van der Waals surface area contributed by atoms with Gasteiger partial charge in [-0.2, -0.15) is 0 Å². The predicted octanol–water partition coefficient (Wildman–Crippen LogP) is 3.88. The summed E-state index contributed by atoms with van der Waals surface area (Å²) in [6.07, 6.45) is 5.15. The highest BCUT2D eigenvalue weighted by Gasteiger charge is 2.28. The number of hydrogen-bond donors (Lipinski definition) is 2. The summed E-state index contributed by atoms with van der Waals surface area (Å²) in [5, 5.41) is 3.38. The van der Waals surface area contributed by atoms with Gasteiger partial charge in [0.1, 0.15) is 0 Å². The maximum Gasteiger partial charge on any atom is 0.220 e. The monoisotopic (exact) mass is 358 g/mol. The number of nitrogen functional groups attached to an aromatic ring is 1. The molecule has 0 amide bonds. The fourth-order valence-electron chi connectivity index (χ4n) is 2.74. The van der Waals surface area contributed by atoms with E-state index in [1.165, 1.54) is 0 Å². The molecule has 3 rings (SSSR count). The molecule has 6 nitrogen and oxygen atoms in total. The van der Waals surface area contributed by atoms with Crippen LogP contribution in [0.15, 0.2) is 66.9 Å². The number of nitrogens with two attached hydrogens (primary N) is 1. The van der Waals surface area contributed by atoms with E-state index in [-0.39, 0.29) is 5.95 Å². The number of nitrogens with zero attached hydrogens (tertiary/aromatic N) is 4. The maximum atomic E-state index is 5.73. The van der Waals surface area contributed by atoms with E-state index in [9.17, 15) is 0 Å². The van der Waals surface area contributed by atoms with Crippen molar-refractivity contribution in [2.24, 2.45) is 0 Å². The van der Waals surface area contributed by atoms with Gasteiger partial charge in [-0.25, -0.2) is 15.0 Å². The molecule has 0 fully saturated rings. The minimum Gasteiger partial charge on any atom is -0.368 e. The fourth-order valence-corrected chi connectivity index (χ4v) is 2.74. The summed E-state index contributed by atoms with van der Waals surface area (Å²) in [5.41, 5.74) is 13.5. The topological polar surface area (TPSA) is 89.6 Å². The first-order chi connectivity index (χ1) is 12.9. The third kappa shape index (κ3) is 4.02. The van der Waals surface area contributed by atoms with Gasteiger partial charge in [0, 0.05) is 23.6 Å². The highest BCUT2D eigenvalue weighted by atomic mass is 15.0. The summed E-state index contributed by atoms with van der Waals surface area (Å²) in [6, 6.07) is 9.82. The second kappa shape index (κ2) is 7.40. The minimum atomic E-state index is -0.459. The molecule has 2 aromatic heterocycles. The van der Waals surface area contributed by atoms with Crippen LogP contribution in [0.3, 0.4) is 0 Å². The lowest BCUT2D eigenvalue weighted by Gasteiger charge is -2.27. The Kier molecular flexibility index (Phi) is 5.01. The van der Waals surface area contributed by atoms with Gasteiger partial charge in [0.2, 0.25) is 5.95 Å². The highest BCUT2D eigenvalue weighted by molar-refractivity contribution is 5.63. The van der Waals surface area contributed by atoms with Gasteiger partial charge < -0.3 is 11.1 Å². The molecule has 3 aromatic rings. The van der Waals surface area contributed by atoms with Crippen molar-refractivity contribution in [1.82, 2.24) is 19.9 Å². The molecular weight excluding hydrogens is 336 g/mol. The molecule has 0 saturated heterocycles. The zero-order chi connectivity index (χ0) is 19.4. The van der Waals surface area contributed by atoms with E-state index in [0.717, 1.165) is 34.0 Å². The SMILES string of the molecule is C=C=C(Nc1ccc(-c2cncc(C)n2)cc1)C(C)(C)c1ccnc(N)n1. The first-order valence-electron chi connectivity index (χ1n) is 8.56. The summed E-state index contributed by atoms with van der Waals surface area (Å²) in [6.45, 7) is 9.82. The van der Waals surface area contributed by atoms with Crippen LogP contribution < -0.4 is 11.1 Å². The Morgan fingerprint density at radius 3 is 2.48 bits per heavy atom. The summed E-state index contributed by atoms with van der Waals surface area (Å²) in [7, 11) is 0. The molecule has 0 radical (unpaired) electrons. The fraction of sp³-hybridized carbons (Fsp3) is 0.190. The second-order valence-corrected chi connectivity index (χ2v) is 6.72. The first-order valence-corrected chi connectivity index (χ1v) is 8.56. The van der Waals surface area contributed by atoms with Crippen molar-refractivity contribution in [2.45, 2.75) is 26.2 Å². The highest BCUT2D eigenvalue weighted by Crippen LogP contribution is 2.31. The normalized spacial score (nSPS) is 10.9. The standard InChI is InChI=1S/C21H22N6/c1-5-18(21(3,4)19-10-11-24-20(22)27-19)26-16-8-6-15(7-9-16)17-13-23-12-14(2)25-17/h6-13,26H,1H2,2-4H3,(H2,22,24,27). The lowest BCUT2D eigenvalue weighted by atomic mass is 9.85. The largest absolute Gasteiger partial charge is 0.368 e. The Morgan fingerprint density at radius 1 is 1.11 bits per heavy atom. The van der Waals surface area contributed by atoms with E-state index >= 15 is 0 Å². The van der Waals surface area contributed by atoms with Crippen LogP contribution >= 0.6 is 0 Å². The molecule has 0 aliphatic rings. The lowest BCUT2D eigenvalue weighted by Crippen LogP contribution is -2.26. The van der Waals surface area contributed by atoms with Gasteiger partial charge in [-0.05, 0) is 39.0 Å². The zero-order valence-electron chi connectivity index (χ0n) is 15.7. The molecule has 0 aliphatic heterocycles. The number of hydrogen-bond acceptors (Lipinski definition) is 6. The molecule has 6 heteroatoms. The van der Waals surface area contributed by atoms with Crippen LogP contribution in [-0.2, 0) is 5.41 Å². The molecule has 0 bridgehead atoms. The van der Waals surface area contributed by atoms with E-state index in [4.69, 9.17) is 5.73 Å². The van der Waals surface area contributed by atoms with Crippen molar-refractivity contribution >= 4 is 11.6 Å². The quantitative estimate of drug-likeness (QED) is 0.673. The number of aromatic nitrogens is 4. The third-order valence-corrected chi connectivity index (χ3v) is 4.32. The molecule has 1 aromatic carbocycles. The van der Waals surface area contributed by atoms with Crippen molar-refractivity contribution in [3.63, 3.8) is 0 Å². The molecule has 2 heterocycles. The van der Waals surface area contributed by atoms with Crippen molar-refractivity contribution in [2.75, 3.05) is 11.1 Å². The van der Waals surface area contributed by atoms with Crippen LogP contribution in [0, 0.1) is 6.92 Å². The Balaban J connectivity index is 1.84. The van der Waals surface area contributed by atoms with E-state index in [0.29, 0.717) is 0 Å². The number of anilines is 2. The molecule has 0 spiro atoms. The summed E-state index contributed by atoms with van der Waals surface area (Å²) < 4.78 is 0. The Morgan fingerprint density at radius 2 is 1.85 bits per heavy atom. The first kappa shape index (κ1) is 18.3. The van der Waals surface area contributed by atoms with Crippen LogP contribution in [0.2, 0.25) is 0 Å². The van der Waals surface area contributed by atoms with E-state index < -0.39 is 5.41 Å². The summed E-state index contributed by atoms with van der Waals surface area (Å²) in [5.74, 6) is 0.243. The van der Waals surface area contributed by atoms with Gasteiger partial charge in [0.15, 0.2) is 0 Å². The zero-order valence-corrected chi connectivity index (χ0v) is 15.7. The smallest absolute Gasteiger partial charge is 0.220 e. The molecule has 0 saturated carbocycles. The van der Waals surface area contributed by atoms with Gasteiger partial charge in [0.25, 0.3) is 0 Å². The van der Waals surface area contributed by atoms with Gasteiger partial charge >= 0.3 is 0 Å². The van der Waals surface area contributed by atoms with Gasteiger partial charge in [0.05, 0.1) is 34.4 Å². The Hall–Kier alpha value is -3.50. The number of nitrogens with one attached hydrogen (secondary N) is 1. The number of rotatable bonds is 5. The average Bonchev–Trinajstić information content (AvgIpc) is 2.66.